The highest BCUT2D eigenvalue weighted by Gasteiger charge is 2.34. The standard InChI is InChI=1S/C11H20N4O2S/c1-8-10(9(2)15(3)14-8)18(16,17)13-7-11(12)5-4-6-11/h13H,4-7,12H2,1-3H3. The molecule has 1 aromatic rings. The lowest BCUT2D eigenvalue weighted by Crippen LogP contribution is -2.54. The van der Waals surface area contributed by atoms with Gasteiger partial charge in [-0.1, -0.05) is 0 Å². The van der Waals surface area contributed by atoms with Gasteiger partial charge in [-0.25, -0.2) is 13.1 Å². The number of nitrogens with two attached hydrogens (primary N) is 1. The van der Waals surface area contributed by atoms with Gasteiger partial charge >= 0.3 is 0 Å². The Hall–Kier alpha value is -0.920. The molecule has 1 heterocycles. The minimum atomic E-state index is -3.52. The molecule has 0 amide bonds. The van der Waals surface area contributed by atoms with Gasteiger partial charge in [-0.05, 0) is 33.1 Å². The summed E-state index contributed by atoms with van der Waals surface area (Å²) >= 11 is 0. The minimum Gasteiger partial charge on any atom is -0.324 e. The van der Waals surface area contributed by atoms with Crippen molar-refractivity contribution in [3.8, 4) is 0 Å². The molecule has 6 nitrogen and oxygen atoms in total. The number of rotatable bonds is 4. The Morgan fingerprint density at radius 3 is 2.44 bits per heavy atom. The fourth-order valence-electron chi connectivity index (χ4n) is 2.26. The molecular weight excluding hydrogens is 252 g/mol. The van der Waals surface area contributed by atoms with E-state index >= 15 is 0 Å². The van der Waals surface area contributed by atoms with Gasteiger partial charge in [-0.15, -0.1) is 0 Å². The zero-order chi connectivity index (χ0) is 13.6. The first-order valence-electron chi connectivity index (χ1n) is 6.04. The Labute approximate surface area is 108 Å². The monoisotopic (exact) mass is 272 g/mol. The molecule has 0 spiro atoms. The van der Waals surface area contributed by atoms with Crippen LogP contribution in [0.5, 0.6) is 0 Å². The van der Waals surface area contributed by atoms with Gasteiger partial charge in [0.2, 0.25) is 10.0 Å². The lowest BCUT2D eigenvalue weighted by molar-refractivity contribution is 0.251. The number of hydrogen-bond acceptors (Lipinski definition) is 4. The molecule has 0 aromatic carbocycles. The van der Waals surface area contributed by atoms with E-state index in [1.54, 1.807) is 25.6 Å². The number of sulfonamides is 1. The molecule has 0 bridgehead atoms. The first-order chi connectivity index (χ1) is 8.25. The van der Waals surface area contributed by atoms with Gasteiger partial charge in [0.05, 0.1) is 11.4 Å². The second-order valence-corrected chi connectivity index (χ2v) is 6.87. The third-order valence-electron chi connectivity index (χ3n) is 3.67. The van der Waals surface area contributed by atoms with E-state index in [0.29, 0.717) is 17.9 Å². The van der Waals surface area contributed by atoms with Crippen molar-refractivity contribution in [3.63, 3.8) is 0 Å². The smallest absolute Gasteiger partial charge is 0.244 e. The molecular formula is C11H20N4O2S. The van der Waals surface area contributed by atoms with Crippen LogP contribution in [0.1, 0.15) is 30.7 Å². The molecule has 2 rings (SSSR count). The molecule has 1 fully saturated rings. The molecule has 18 heavy (non-hydrogen) atoms. The first kappa shape index (κ1) is 13.5. The Bertz CT molecular complexity index is 558. The third kappa shape index (κ3) is 2.30. The van der Waals surface area contributed by atoms with E-state index in [-0.39, 0.29) is 10.4 Å². The van der Waals surface area contributed by atoms with E-state index < -0.39 is 10.0 Å². The van der Waals surface area contributed by atoms with Crippen molar-refractivity contribution in [2.45, 2.75) is 43.5 Å². The molecule has 102 valence electrons. The van der Waals surface area contributed by atoms with Crippen molar-refractivity contribution in [2.24, 2.45) is 12.8 Å². The maximum atomic E-state index is 12.3. The van der Waals surface area contributed by atoms with E-state index in [4.69, 9.17) is 5.73 Å². The van der Waals surface area contributed by atoms with E-state index in [9.17, 15) is 8.42 Å². The van der Waals surface area contributed by atoms with Gasteiger partial charge in [0, 0.05) is 19.1 Å². The van der Waals surface area contributed by atoms with Crippen molar-refractivity contribution in [1.29, 1.82) is 0 Å². The quantitative estimate of drug-likeness (QED) is 0.819. The van der Waals surface area contributed by atoms with Crippen LogP contribution < -0.4 is 10.5 Å². The summed E-state index contributed by atoms with van der Waals surface area (Å²) in [6, 6.07) is 0. The second kappa shape index (κ2) is 4.32. The summed E-state index contributed by atoms with van der Waals surface area (Å²) < 4.78 is 28.7. The van der Waals surface area contributed by atoms with Crippen LogP contribution in [0.4, 0.5) is 0 Å². The molecule has 1 aromatic heterocycles. The number of nitrogens with zero attached hydrogens (tertiary/aromatic N) is 2. The summed E-state index contributed by atoms with van der Waals surface area (Å²) in [4.78, 5) is 0.271. The van der Waals surface area contributed by atoms with Crippen LogP contribution in [-0.2, 0) is 17.1 Å². The zero-order valence-corrected chi connectivity index (χ0v) is 11.8. The van der Waals surface area contributed by atoms with Crippen LogP contribution in [-0.4, -0.2) is 30.3 Å². The van der Waals surface area contributed by atoms with Crippen LogP contribution in [0.25, 0.3) is 0 Å². The van der Waals surface area contributed by atoms with E-state index in [2.05, 4.69) is 9.82 Å². The molecule has 1 aliphatic carbocycles. The van der Waals surface area contributed by atoms with Gasteiger partial charge in [0.15, 0.2) is 0 Å². The largest absolute Gasteiger partial charge is 0.324 e. The fraction of sp³-hybridized carbons (Fsp3) is 0.727. The maximum absolute atomic E-state index is 12.3. The van der Waals surface area contributed by atoms with E-state index in [1.165, 1.54) is 0 Å². The van der Waals surface area contributed by atoms with Crippen LogP contribution in [0.3, 0.4) is 0 Å². The van der Waals surface area contributed by atoms with Crippen LogP contribution >= 0.6 is 0 Å². The Balaban J connectivity index is 2.20. The average molecular weight is 272 g/mol. The summed E-state index contributed by atoms with van der Waals surface area (Å²) in [5.41, 5.74) is 6.81. The molecule has 0 aliphatic heterocycles. The maximum Gasteiger partial charge on any atom is 0.244 e. The average Bonchev–Trinajstić information content (AvgIpc) is 2.48. The number of aryl methyl sites for hydroxylation is 2. The highest BCUT2D eigenvalue weighted by Crippen LogP contribution is 2.29. The Morgan fingerprint density at radius 1 is 1.44 bits per heavy atom. The molecule has 7 heteroatoms. The number of nitrogens with one attached hydrogen (secondary N) is 1. The lowest BCUT2D eigenvalue weighted by atomic mass is 9.78. The highest BCUT2D eigenvalue weighted by molar-refractivity contribution is 7.89. The molecule has 1 aliphatic rings. The van der Waals surface area contributed by atoms with Crippen molar-refractivity contribution < 1.29 is 8.42 Å². The van der Waals surface area contributed by atoms with Crippen LogP contribution in [0, 0.1) is 13.8 Å². The second-order valence-electron chi connectivity index (χ2n) is 5.16. The third-order valence-corrected chi connectivity index (χ3v) is 5.33. The van der Waals surface area contributed by atoms with Crippen molar-refractivity contribution in [3.05, 3.63) is 11.4 Å². The summed E-state index contributed by atoms with van der Waals surface area (Å²) in [6.07, 6.45) is 2.82. The Kier molecular flexibility index (Phi) is 3.25. The van der Waals surface area contributed by atoms with Crippen LogP contribution in [0.15, 0.2) is 4.90 Å². The van der Waals surface area contributed by atoms with Gasteiger partial charge < -0.3 is 5.73 Å². The fourth-order valence-corrected chi connectivity index (χ4v) is 3.83. The minimum absolute atomic E-state index is 0.271. The number of hydrogen-bond donors (Lipinski definition) is 2. The van der Waals surface area contributed by atoms with E-state index in [1.807, 2.05) is 0 Å². The molecule has 0 saturated heterocycles. The zero-order valence-electron chi connectivity index (χ0n) is 11.0. The molecule has 0 unspecified atom stereocenters. The topological polar surface area (TPSA) is 90.0 Å². The normalized spacial score (nSPS) is 18.7. The van der Waals surface area contributed by atoms with E-state index in [0.717, 1.165) is 19.3 Å². The van der Waals surface area contributed by atoms with Crippen molar-refractivity contribution in [2.75, 3.05) is 6.54 Å². The van der Waals surface area contributed by atoms with Crippen molar-refractivity contribution in [1.82, 2.24) is 14.5 Å². The molecule has 1 saturated carbocycles. The van der Waals surface area contributed by atoms with Gasteiger partial charge in [0.1, 0.15) is 4.90 Å². The van der Waals surface area contributed by atoms with Crippen LogP contribution in [0.2, 0.25) is 0 Å². The SMILES string of the molecule is Cc1nn(C)c(C)c1S(=O)(=O)NCC1(N)CCC1. The Morgan fingerprint density at radius 2 is 2.06 bits per heavy atom. The molecule has 0 radical (unpaired) electrons. The summed E-state index contributed by atoms with van der Waals surface area (Å²) in [5.74, 6) is 0. The predicted molar refractivity (Wildman–Crippen MR) is 68.6 cm³/mol. The number of aromatic nitrogens is 2. The van der Waals surface area contributed by atoms with Gasteiger partial charge in [-0.2, -0.15) is 5.10 Å². The first-order valence-corrected chi connectivity index (χ1v) is 7.52. The summed E-state index contributed by atoms with van der Waals surface area (Å²) in [6.45, 7) is 3.74. The highest BCUT2D eigenvalue weighted by atomic mass is 32.2. The van der Waals surface area contributed by atoms with Gasteiger partial charge in [-0.3, -0.25) is 4.68 Å². The van der Waals surface area contributed by atoms with Gasteiger partial charge in [0.25, 0.3) is 0 Å². The summed E-state index contributed by atoms with van der Waals surface area (Å²) in [5, 5.41) is 4.12. The lowest BCUT2D eigenvalue weighted by Gasteiger charge is -2.38. The molecule has 3 N–H and O–H groups in total. The molecule has 0 atom stereocenters. The summed E-state index contributed by atoms with van der Waals surface area (Å²) in [7, 11) is -1.79. The van der Waals surface area contributed by atoms with Crippen molar-refractivity contribution >= 4 is 10.0 Å². The predicted octanol–water partition coefficient (Wildman–Crippen LogP) is 0.197.